The third-order valence-corrected chi connectivity index (χ3v) is 5.96. The van der Waals surface area contributed by atoms with Crippen LogP contribution in [0.5, 0.6) is 11.5 Å². The summed E-state index contributed by atoms with van der Waals surface area (Å²) in [4.78, 5) is 39.6. The third kappa shape index (κ3) is 5.05. The molecule has 35 heavy (non-hydrogen) atoms. The van der Waals surface area contributed by atoms with Crippen molar-refractivity contribution < 1.29 is 23.9 Å². The Kier molecular flexibility index (Phi) is 6.89. The van der Waals surface area contributed by atoms with Crippen molar-refractivity contribution in [2.24, 2.45) is 0 Å². The van der Waals surface area contributed by atoms with Crippen LogP contribution in [0, 0.1) is 13.8 Å². The fourth-order valence-corrected chi connectivity index (χ4v) is 3.90. The van der Waals surface area contributed by atoms with Crippen molar-refractivity contribution in [3.05, 3.63) is 93.5 Å². The summed E-state index contributed by atoms with van der Waals surface area (Å²) in [6.45, 7) is 3.90. The number of halogens is 1. The third-order valence-electron chi connectivity index (χ3n) is 5.72. The monoisotopic (exact) mass is 490 g/mol. The maximum absolute atomic E-state index is 13.4. The van der Waals surface area contributed by atoms with Crippen molar-refractivity contribution in [1.29, 1.82) is 0 Å². The number of barbiturate groups is 1. The summed E-state index contributed by atoms with van der Waals surface area (Å²) in [5, 5.41) is 2.84. The Morgan fingerprint density at radius 3 is 2.51 bits per heavy atom. The number of imide groups is 2. The fourth-order valence-electron chi connectivity index (χ4n) is 3.68. The molecule has 0 unspecified atom stereocenters. The molecule has 1 fully saturated rings. The van der Waals surface area contributed by atoms with Gasteiger partial charge in [-0.2, -0.15) is 0 Å². The van der Waals surface area contributed by atoms with Crippen molar-refractivity contribution in [3.63, 3.8) is 0 Å². The molecule has 0 bridgehead atoms. The number of carbonyl (C=O) groups excluding carboxylic acids is 3. The van der Waals surface area contributed by atoms with Gasteiger partial charge in [-0.3, -0.25) is 14.9 Å². The minimum Gasteiger partial charge on any atom is -0.497 e. The predicted octanol–water partition coefficient (Wildman–Crippen LogP) is 5.21. The van der Waals surface area contributed by atoms with Crippen LogP contribution in [-0.4, -0.2) is 25.0 Å². The Bertz CT molecular complexity index is 1370. The van der Waals surface area contributed by atoms with Gasteiger partial charge in [0.05, 0.1) is 12.8 Å². The number of carbonyl (C=O) groups is 3. The molecule has 0 saturated carbocycles. The van der Waals surface area contributed by atoms with Crippen LogP contribution in [0.2, 0.25) is 5.02 Å². The average Bonchev–Trinajstić information content (AvgIpc) is 2.83. The lowest BCUT2D eigenvalue weighted by atomic mass is 10.0. The highest BCUT2D eigenvalue weighted by atomic mass is 35.5. The fraction of sp³-hybridized carbons (Fsp3) is 0.148. The molecule has 0 spiro atoms. The second kappa shape index (κ2) is 10.0. The van der Waals surface area contributed by atoms with Gasteiger partial charge < -0.3 is 9.47 Å². The highest BCUT2D eigenvalue weighted by Gasteiger charge is 2.37. The zero-order valence-corrected chi connectivity index (χ0v) is 20.2. The van der Waals surface area contributed by atoms with E-state index in [-0.39, 0.29) is 12.2 Å². The van der Waals surface area contributed by atoms with E-state index in [9.17, 15) is 14.4 Å². The van der Waals surface area contributed by atoms with E-state index in [1.54, 1.807) is 42.5 Å². The number of amides is 4. The maximum Gasteiger partial charge on any atom is 0.335 e. The molecule has 3 aromatic carbocycles. The summed E-state index contributed by atoms with van der Waals surface area (Å²) >= 11 is 6.06. The Morgan fingerprint density at radius 2 is 1.77 bits per heavy atom. The normalized spacial score (nSPS) is 14.8. The van der Waals surface area contributed by atoms with Crippen molar-refractivity contribution >= 4 is 41.2 Å². The molecular formula is C27H23ClN2O5. The second-order valence-electron chi connectivity index (χ2n) is 8.00. The maximum atomic E-state index is 13.4. The van der Waals surface area contributed by atoms with E-state index in [2.05, 4.69) is 5.32 Å². The zero-order chi connectivity index (χ0) is 25.1. The number of ether oxygens (including phenoxy) is 2. The number of hydrogen-bond acceptors (Lipinski definition) is 5. The lowest BCUT2D eigenvalue weighted by molar-refractivity contribution is -0.122. The van der Waals surface area contributed by atoms with E-state index >= 15 is 0 Å². The van der Waals surface area contributed by atoms with Crippen LogP contribution >= 0.6 is 11.6 Å². The van der Waals surface area contributed by atoms with Crippen molar-refractivity contribution in [2.45, 2.75) is 20.5 Å². The average molecular weight is 491 g/mol. The van der Waals surface area contributed by atoms with E-state index < -0.39 is 17.8 Å². The minimum atomic E-state index is -0.794. The molecule has 0 atom stereocenters. The van der Waals surface area contributed by atoms with Gasteiger partial charge in [0, 0.05) is 16.7 Å². The van der Waals surface area contributed by atoms with E-state index in [0.717, 1.165) is 21.6 Å². The summed E-state index contributed by atoms with van der Waals surface area (Å²) in [5.74, 6) is -0.560. The van der Waals surface area contributed by atoms with Gasteiger partial charge in [0.25, 0.3) is 11.8 Å². The van der Waals surface area contributed by atoms with Gasteiger partial charge in [-0.25, -0.2) is 9.69 Å². The number of nitrogens with one attached hydrogen (secondary N) is 1. The molecule has 4 amide bonds. The number of hydrogen-bond donors (Lipinski definition) is 1. The van der Waals surface area contributed by atoms with Crippen LogP contribution in [0.3, 0.4) is 0 Å². The van der Waals surface area contributed by atoms with Gasteiger partial charge >= 0.3 is 6.03 Å². The van der Waals surface area contributed by atoms with Crippen LogP contribution in [0.15, 0.2) is 66.2 Å². The lowest BCUT2D eigenvalue weighted by Crippen LogP contribution is -2.54. The van der Waals surface area contributed by atoms with Crippen LogP contribution in [-0.2, 0) is 16.2 Å². The number of benzene rings is 3. The second-order valence-corrected chi connectivity index (χ2v) is 8.44. The molecule has 178 valence electrons. The molecule has 4 rings (SSSR count). The largest absolute Gasteiger partial charge is 0.497 e. The molecule has 0 radical (unpaired) electrons. The van der Waals surface area contributed by atoms with E-state index in [0.29, 0.717) is 27.8 Å². The molecule has 1 saturated heterocycles. The Balaban J connectivity index is 1.71. The number of rotatable bonds is 6. The molecule has 3 aromatic rings. The molecule has 1 aliphatic heterocycles. The van der Waals surface area contributed by atoms with E-state index in [1.807, 2.05) is 32.0 Å². The molecule has 8 heteroatoms. The van der Waals surface area contributed by atoms with Crippen LogP contribution in [0.4, 0.5) is 10.5 Å². The SMILES string of the molecule is COc1ccc(/C=C2\C(=O)NC(=O)N(c3cccc(C)c3C)C2=O)c(OCc2cccc(Cl)c2)c1. The minimum absolute atomic E-state index is 0.191. The first kappa shape index (κ1) is 24.0. The van der Waals surface area contributed by atoms with Gasteiger partial charge in [-0.1, -0.05) is 35.9 Å². The first-order valence-electron chi connectivity index (χ1n) is 10.8. The van der Waals surface area contributed by atoms with Crippen molar-refractivity contribution in [3.8, 4) is 11.5 Å². The molecular weight excluding hydrogens is 468 g/mol. The molecule has 7 nitrogen and oxygen atoms in total. The Hall–Kier alpha value is -4.10. The Morgan fingerprint density at radius 1 is 1.00 bits per heavy atom. The first-order chi connectivity index (χ1) is 16.8. The van der Waals surface area contributed by atoms with Crippen molar-refractivity contribution in [1.82, 2.24) is 5.32 Å². The number of aryl methyl sites for hydroxylation is 1. The van der Waals surface area contributed by atoms with Crippen LogP contribution in [0.1, 0.15) is 22.3 Å². The smallest absolute Gasteiger partial charge is 0.335 e. The topological polar surface area (TPSA) is 84.9 Å². The Labute approximate surface area is 207 Å². The molecule has 0 aromatic heterocycles. The van der Waals surface area contributed by atoms with Crippen LogP contribution < -0.4 is 19.7 Å². The number of nitrogens with zero attached hydrogens (tertiary/aromatic N) is 1. The molecule has 1 heterocycles. The highest BCUT2D eigenvalue weighted by Crippen LogP contribution is 2.31. The number of anilines is 1. The number of methoxy groups -OCH3 is 1. The summed E-state index contributed by atoms with van der Waals surface area (Å²) in [5.41, 5.74) is 3.22. The lowest BCUT2D eigenvalue weighted by Gasteiger charge is -2.28. The van der Waals surface area contributed by atoms with Gasteiger partial charge in [0.15, 0.2) is 0 Å². The summed E-state index contributed by atoms with van der Waals surface area (Å²) in [6, 6.07) is 16.8. The van der Waals surface area contributed by atoms with Gasteiger partial charge in [0.2, 0.25) is 0 Å². The summed E-state index contributed by atoms with van der Waals surface area (Å²) in [7, 11) is 1.53. The molecule has 0 aliphatic carbocycles. The van der Waals surface area contributed by atoms with Crippen molar-refractivity contribution in [2.75, 3.05) is 12.0 Å². The van der Waals surface area contributed by atoms with Gasteiger partial charge in [-0.15, -0.1) is 0 Å². The highest BCUT2D eigenvalue weighted by molar-refractivity contribution is 6.39. The molecule has 1 aliphatic rings. The number of urea groups is 1. The standard InChI is InChI=1S/C27H23ClN2O5/c1-16-6-4-9-23(17(16)2)30-26(32)22(25(31)29-27(30)33)13-19-10-11-21(34-3)14-24(19)35-15-18-7-5-8-20(28)12-18/h4-14H,15H2,1-3H3,(H,29,31,33)/b22-13+. The predicted molar refractivity (Wildman–Crippen MR) is 134 cm³/mol. The molecule has 1 N–H and O–H groups in total. The van der Waals surface area contributed by atoms with E-state index in [1.165, 1.54) is 13.2 Å². The summed E-state index contributed by atoms with van der Waals surface area (Å²) < 4.78 is 11.3. The summed E-state index contributed by atoms with van der Waals surface area (Å²) in [6.07, 6.45) is 1.41. The quantitative estimate of drug-likeness (QED) is 0.378. The zero-order valence-electron chi connectivity index (χ0n) is 19.4. The van der Waals surface area contributed by atoms with Crippen LogP contribution in [0.25, 0.3) is 6.08 Å². The van der Waals surface area contributed by atoms with E-state index in [4.69, 9.17) is 21.1 Å². The van der Waals surface area contributed by atoms with Gasteiger partial charge in [-0.05, 0) is 66.9 Å². The first-order valence-corrected chi connectivity index (χ1v) is 11.2. The van der Waals surface area contributed by atoms with Gasteiger partial charge in [0.1, 0.15) is 23.7 Å².